The molecule has 0 saturated heterocycles. The van der Waals surface area contributed by atoms with Crippen molar-refractivity contribution in [3.05, 3.63) is 76.5 Å². The van der Waals surface area contributed by atoms with Crippen LogP contribution in [-0.2, 0) is 4.79 Å². The lowest BCUT2D eigenvalue weighted by molar-refractivity contribution is -0.121. The number of allylic oxidation sites excluding steroid dienone is 2. The molecule has 1 fully saturated rings. The van der Waals surface area contributed by atoms with Gasteiger partial charge in [0.15, 0.2) is 5.78 Å². The molecule has 0 aromatic heterocycles. The van der Waals surface area contributed by atoms with Gasteiger partial charge in [-0.15, -0.1) is 0 Å². The van der Waals surface area contributed by atoms with E-state index in [2.05, 4.69) is 4.99 Å². The zero-order valence-corrected chi connectivity index (χ0v) is 15.0. The maximum Gasteiger partial charge on any atom is 0.212 e. The highest BCUT2D eigenvalue weighted by Crippen LogP contribution is 2.46. The number of hydrogen-bond donors (Lipinski definition) is 1. The Morgan fingerprint density at radius 2 is 1.50 bits per heavy atom. The normalized spacial score (nSPS) is 23.7. The van der Waals surface area contributed by atoms with Gasteiger partial charge in [0.1, 0.15) is 17.2 Å². The molecule has 2 aliphatic carbocycles. The van der Waals surface area contributed by atoms with Gasteiger partial charge in [-0.1, -0.05) is 36.4 Å². The third-order valence-corrected chi connectivity index (χ3v) is 5.85. The Hall–Kier alpha value is -3.34. The predicted octanol–water partition coefficient (Wildman–Crippen LogP) is 3.63. The van der Waals surface area contributed by atoms with Crippen molar-refractivity contribution in [1.82, 2.24) is 0 Å². The Bertz CT molecular complexity index is 1110. The van der Waals surface area contributed by atoms with Crippen LogP contribution in [0.1, 0.15) is 51.5 Å². The zero-order valence-electron chi connectivity index (χ0n) is 15.0. The third kappa shape index (κ3) is 2.32. The fraction of sp³-hybridized carbons (Fsp3) is 0.217. The Kier molecular flexibility index (Phi) is 3.66. The lowest BCUT2D eigenvalue weighted by Crippen LogP contribution is -2.41. The van der Waals surface area contributed by atoms with Crippen LogP contribution in [0.15, 0.2) is 64.8 Å². The fourth-order valence-corrected chi connectivity index (χ4v) is 4.58. The minimum Gasteiger partial charge on any atom is -0.508 e. The van der Waals surface area contributed by atoms with Gasteiger partial charge in [-0.2, -0.15) is 0 Å². The SMILES string of the molecule is O=C1C2=C(C(=O)c3ccccc31)C(c1ccc(O)cc1)C1C(=O)CCCC1=N2. The topological polar surface area (TPSA) is 83.8 Å². The quantitative estimate of drug-likeness (QED) is 0.830. The average molecular weight is 371 g/mol. The molecule has 2 aromatic rings. The summed E-state index contributed by atoms with van der Waals surface area (Å²) in [6.07, 6.45) is 1.79. The van der Waals surface area contributed by atoms with Gasteiger partial charge in [-0.05, 0) is 30.5 Å². The molecule has 0 spiro atoms. The summed E-state index contributed by atoms with van der Waals surface area (Å²) in [5.41, 5.74) is 2.62. The van der Waals surface area contributed by atoms with E-state index in [1.807, 2.05) is 0 Å². The minimum atomic E-state index is -0.555. The maximum absolute atomic E-state index is 13.4. The maximum atomic E-state index is 13.4. The second-order valence-electron chi connectivity index (χ2n) is 7.44. The monoisotopic (exact) mass is 371 g/mol. The molecule has 0 bridgehead atoms. The molecule has 2 aromatic carbocycles. The van der Waals surface area contributed by atoms with Gasteiger partial charge in [0.25, 0.3) is 0 Å². The largest absolute Gasteiger partial charge is 0.508 e. The van der Waals surface area contributed by atoms with E-state index in [-0.39, 0.29) is 28.8 Å². The molecule has 2 atom stereocenters. The molecule has 28 heavy (non-hydrogen) atoms. The van der Waals surface area contributed by atoms with Crippen molar-refractivity contribution in [2.45, 2.75) is 25.2 Å². The molecular weight excluding hydrogens is 354 g/mol. The van der Waals surface area contributed by atoms with Crippen molar-refractivity contribution in [2.24, 2.45) is 10.9 Å². The molecule has 1 N–H and O–H groups in total. The van der Waals surface area contributed by atoms with Crippen molar-refractivity contribution in [1.29, 1.82) is 0 Å². The van der Waals surface area contributed by atoms with E-state index in [0.29, 0.717) is 41.7 Å². The number of benzene rings is 2. The standard InChI is InChI=1S/C23H17NO4/c25-13-10-8-12(9-11-13)18-19-16(6-3-7-17(19)26)24-21-20(18)22(27)14-4-1-2-5-15(14)23(21)28/h1-2,4-5,8-11,18-19,25H,3,6-7H2. The smallest absolute Gasteiger partial charge is 0.212 e. The van der Waals surface area contributed by atoms with E-state index in [0.717, 1.165) is 5.56 Å². The second kappa shape index (κ2) is 6.09. The molecular formula is C23H17NO4. The number of phenols is 1. The van der Waals surface area contributed by atoms with Crippen LogP contribution < -0.4 is 0 Å². The van der Waals surface area contributed by atoms with Crippen molar-refractivity contribution in [3.8, 4) is 5.75 Å². The first-order valence-corrected chi connectivity index (χ1v) is 9.38. The minimum absolute atomic E-state index is 0.0498. The number of carbonyl (C=O) groups excluding carboxylic acids is 3. The number of carbonyl (C=O) groups is 3. The number of ketones is 3. The molecule has 0 radical (unpaired) electrons. The number of nitrogens with zero attached hydrogens (tertiary/aromatic N) is 1. The van der Waals surface area contributed by atoms with E-state index < -0.39 is 11.8 Å². The Balaban J connectivity index is 1.77. The summed E-state index contributed by atoms with van der Waals surface area (Å²) in [5.74, 6) is -1.44. The number of phenolic OH excluding ortho intramolecular Hbond substituents is 1. The van der Waals surface area contributed by atoms with Crippen LogP contribution in [0, 0.1) is 5.92 Å². The lowest BCUT2D eigenvalue weighted by atomic mass is 9.66. The van der Waals surface area contributed by atoms with E-state index in [4.69, 9.17) is 0 Å². The molecule has 2 unspecified atom stereocenters. The van der Waals surface area contributed by atoms with Gasteiger partial charge in [0, 0.05) is 34.8 Å². The number of hydrogen-bond acceptors (Lipinski definition) is 5. The van der Waals surface area contributed by atoms with Gasteiger partial charge in [-0.25, -0.2) is 0 Å². The summed E-state index contributed by atoms with van der Waals surface area (Å²) in [7, 11) is 0. The predicted molar refractivity (Wildman–Crippen MR) is 103 cm³/mol. The van der Waals surface area contributed by atoms with E-state index in [1.165, 1.54) is 12.1 Å². The van der Waals surface area contributed by atoms with Crippen LogP contribution in [0.4, 0.5) is 0 Å². The Labute approximate surface area is 161 Å². The molecule has 5 heteroatoms. The van der Waals surface area contributed by atoms with Crippen LogP contribution in [0.5, 0.6) is 5.75 Å². The highest BCUT2D eigenvalue weighted by molar-refractivity contribution is 6.29. The van der Waals surface area contributed by atoms with E-state index in [1.54, 1.807) is 36.4 Å². The van der Waals surface area contributed by atoms with Gasteiger partial charge in [0.2, 0.25) is 5.78 Å². The molecule has 1 heterocycles. The van der Waals surface area contributed by atoms with Crippen molar-refractivity contribution >= 4 is 23.1 Å². The van der Waals surface area contributed by atoms with Crippen LogP contribution in [0.2, 0.25) is 0 Å². The molecule has 5 rings (SSSR count). The summed E-state index contributed by atoms with van der Waals surface area (Å²) in [6.45, 7) is 0. The van der Waals surface area contributed by atoms with E-state index in [9.17, 15) is 19.5 Å². The number of rotatable bonds is 1. The summed E-state index contributed by atoms with van der Waals surface area (Å²) in [6, 6.07) is 13.3. The summed E-state index contributed by atoms with van der Waals surface area (Å²) < 4.78 is 0. The summed E-state index contributed by atoms with van der Waals surface area (Å²) in [4.78, 5) is 43.9. The first kappa shape index (κ1) is 16.8. The van der Waals surface area contributed by atoms with Gasteiger partial charge >= 0.3 is 0 Å². The molecule has 138 valence electrons. The van der Waals surface area contributed by atoms with Crippen LogP contribution in [0.25, 0.3) is 0 Å². The van der Waals surface area contributed by atoms with Crippen LogP contribution in [-0.4, -0.2) is 28.2 Å². The zero-order chi connectivity index (χ0) is 19.4. The number of Topliss-reactive ketones (excluding diaryl/α,β-unsaturated/α-hetero) is 3. The average Bonchev–Trinajstić information content (AvgIpc) is 2.71. The highest BCUT2D eigenvalue weighted by Gasteiger charge is 2.47. The summed E-state index contributed by atoms with van der Waals surface area (Å²) in [5, 5.41) is 9.67. The Morgan fingerprint density at radius 3 is 2.21 bits per heavy atom. The van der Waals surface area contributed by atoms with Crippen molar-refractivity contribution in [2.75, 3.05) is 0 Å². The summed E-state index contributed by atoms with van der Waals surface area (Å²) >= 11 is 0. The molecule has 1 saturated carbocycles. The second-order valence-corrected chi connectivity index (χ2v) is 7.44. The van der Waals surface area contributed by atoms with Gasteiger partial charge in [0.05, 0.1) is 5.92 Å². The third-order valence-electron chi connectivity index (χ3n) is 5.85. The van der Waals surface area contributed by atoms with Gasteiger partial charge in [-0.3, -0.25) is 19.4 Å². The number of aromatic hydroxyl groups is 1. The number of aliphatic imine (C=N–C) groups is 1. The highest BCUT2D eigenvalue weighted by atomic mass is 16.3. The molecule has 1 aliphatic heterocycles. The van der Waals surface area contributed by atoms with Crippen molar-refractivity contribution in [3.63, 3.8) is 0 Å². The molecule has 5 nitrogen and oxygen atoms in total. The van der Waals surface area contributed by atoms with Crippen LogP contribution >= 0.6 is 0 Å². The molecule has 0 amide bonds. The van der Waals surface area contributed by atoms with Gasteiger partial charge < -0.3 is 5.11 Å². The fourth-order valence-electron chi connectivity index (χ4n) is 4.58. The first-order valence-electron chi connectivity index (χ1n) is 9.38. The van der Waals surface area contributed by atoms with E-state index >= 15 is 0 Å². The molecule has 3 aliphatic rings. The lowest BCUT2D eigenvalue weighted by Gasteiger charge is -2.37. The van der Waals surface area contributed by atoms with Crippen LogP contribution in [0.3, 0.4) is 0 Å². The Morgan fingerprint density at radius 1 is 0.821 bits per heavy atom. The van der Waals surface area contributed by atoms with Crippen molar-refractivity contribution < 1.29 is 19.5 Å². The number of fused-ring (bicyclic) bond motifs is 2. The first-order chi connectivity index (χ1) is 13.6.